The number of rotatable bonds is 6. The van der Waals surface area contributed by atoms with Crippen LogP contribution in [0.2, 0.25) is 0 Å². The van der Waals surface area contributed by atoms with Crippen molar-refractivity contribution in [3.8, 4) is 17.2 Å². The predicted octanol–water partition coefficient (Wildman–Crippen LogP) is 5.09. The lowest BCUT2D eigenvalue weighted by Crippen LogP contribution is -1.97. The maximum absolute atomic E-state index is 9.34. The number of hydrogen-bond donors (Lipinski definition) is 1. The van der Waals surface area contributed by atoms with Crippen molar-refractivity contribution < 1.29 is 14.6 Å². The molecular formula is C21H24O3. The molecule has 0 aliphatic rings. The molecule has 0 aliphatic heterocycles. The molecule has 0 spiro atoms. The fraction of sp³-hybridized carbons (Fsp3) is 0.238. The lowest BCUT2D eigenvalue weighted by atomic mass is 10.0. The van der Waals surface area contributed by atoms with Gasteiger partial charge in [0.25, 0.3) is 0 Å². The Balaban J connectivity index is 2.34. The largest absolute Gasteiger partial charge is 0.508 e. The van der Waals surface area contributed by atoms with E-state index in [9.17, 15) is 5.11 Å². The second-order valence-corrected chi connectivity index (χ2v) is 5.81. The Morgan fingerprint density at radius 1 is 0.917 bits per heavy atom. The topological polar surface area (TPSA) is 38.7 Å². The first kappa shape index (κ1) is 17.7. The molecule has 126 valence electrons. The van der Waals surface area contributed by atoms with Crippen LogP contribution in [0.15, 0.2) is 48.0 Å². The highest BCUT2D eigenvalue weighted by atomic mass is 16.5. The Morgan fingerprint density at radius 2 is 1.46 bits per heavy atom. The van der Waals surface area contributed by atoms with Gasteiger partial charge in [-0.2, -0.15) is 0 Å². The van der Waals surface area contributed by atoms with Gasteiger partial charge in [0.05, 0.1) is 14.2 Å². The molecule has 2 rings (SSSR count). The van der Waals surface area contributed by atoms with E-state index in [1.165, 1.54) is 5.57 Å². The lowest BCUT2D eigenvalue weighted by Gasteiger charge is -2.13. The van der Waals surface area contributed by atoms with Gasteiger partial charge in [-0.05, 0) is 55.7 Å². The van der Waals surface area contributed by atoms with E-state index < -0.39 is 0 Å². The minimum absolute atomic E-state index is 0.263. The minimum Gasteiger partial charge on any atom is -0.508 e. The number of phenolic OH excluding ortho intramolecular Hbond substituents is 1. The fourth-order valence-corrected chi connectivity index (χ4v) is 2.39. The first-order chi connectivity index (χ1) is 11.5. The normalized spacial score (nSPS) is 10.7. The average Bonchev–Trinajstić information content (AvgIpc) is 2.58. The molecule has 0 saturated heterocycles. The molecule has 2 aromatic rings. The summed E-state index contributed by atoms with van der Waals surface area (Å²) in [6, 6.07) is 11.1. The number of phenols is 1. The summed E-state index contributed by atoms with van der Waals surface area (Å²) in [5, 5.41) is 9.34. The van der Waals surface area contributed by atoms with Gasteiger partial charge in [-0.25, -0.2) is 0 Å². The van der Waals surface area contributed by atoms with Crippen LogP contribution in [0.5, 0.6) is 17.2 Å². The van der Waals surface area contributed by atoms with E-state index in [0.717, 1.165) is 34.6 Å². The quantitative estimate of drug-likeness (QED) is 0.594. The van der Waals surface area contributed by atoms with Crippen molar-refractivity contribution in [1.29, 1.82) is 0 Å². The molecule has 1 N–H and O–H groups in total. The molecule has 0 amide bonds. The van der Waals surface area contributed by atoms with Crippen LogP contribution in [0.25, 0.3) is 12.2 Å². The molecular weight excluding hydrogens is 300 g/mol. The molecule has 0 heterocycles. The van der Waals surface area contributed by atoms with Crippen molar-refractivity contribution in [3.63, 3.8) is 0 Å². The summed E-state index contributed by atoms with van der Waals surface area (Å²) in [6.07, 6.45) is 6.93. The van der Waals surface area contributed by atoms with Crippen molar-refractivity contribution in [2.45, 2.75) is 20.3 Å². The van der Waals surface area contributed by atoms with Gasteiger partial charge in [-0.15, -0.1) is 0 Å². The number of methoxy groups -OCH3 is 2. The molecule has 24 heavy (non-hydrogen) atoms. The molecule has 0 atom stereocenters. The van der Waals surface area contributed by atoms with E-state index in [1.807, 2.05) is 36.4 Å². The molecule has 0 bridgehead atoms. The number of hydrogen-bond acceptors (Lipinski definition) is 3. The molecule has 0 unspecified atom stereocenters. The smallest absolute Gasteiger partial charge is 0.126 e. The van der Waals surface area contributed by atoms with E-state index in [2.05, 4.69) is 19.9 Å². The van der Waals surface area contributed by atoms with Crippen LogP contribution in [0.4, 0.5) is 0 Å². The third-order valence-corrected chi connectivity index (χ3v) is 3.71. The fourth-order valence-electron chi connectivity index (χ4n) is 2.39. The van der Waals surface area contributed by atoms with Crippen molar-refractivity contribution in [2.75, 3.05) is 14.2 Å². The second kappa shape index (κ2) is 8.25. The Kier molecular flexibility index (Phi) is 6.07. The monoisotopic (exact) mass is 324 g/mol. The van der Waals surface area contributed by atoms with Crippen molar-refractivity contribution in [1.82, 2.24) is 0 Å². The summed E-state index contributed by atoms with van der Waals surface area (Å²) in [4.78, 5) is 0. The van der Waals surface area contributed by atoms with Crippen molar-refractivity contribution >= 4 is 12.2 Å². The van der Waals surface area contributed by atoms with E-state index in [1.54, 1.807) is 26.4 Å². The lowest BCUT2D eigenvalue weighted by molar-refractivity contribution is 0.387. The Morgan fingerprint density at radius 3 is 1.96 bits per heavy atom. The average molecular weight is 324 g/mol. The zero-order valence-electron chi connectivity index (χ0n) is 14.7. The minimum atomic E-state index is 0.263. The van der Waals surface area contributed by atoms with Gasteiger partial charge in [-0.1, -0.05) is 35.9 Å². The molecule has 3 heteroatoms. The molecule has 2 aromatic carbocycles. The van der Waals surface area contributed by atoms with Gasteiger partial charge < -0.3 is 14.6 Å². The van der Waals surface area contributed by atoms with Crippen molar-refractivity contribution in [3.05, 3.63) is 64.7 Å². The highest BCUT2D eigenvalue weighted by Crippen LogP contribution is 2.32. The summed E-state index contributed by atoms with van der Waals surface area (Å²) in [6.45, 7) is 4.15. The first-order valence-electron chi connectivity index (χ1n) is 7.89. The van der Waals surface area contributed by atoms with E-state index in [0.29, 0.717) is 0 Å². The summed E-state index contributed by atoms with van der Waals surface area (Å²) in [5.41, 5.74) is 4.32. The predicted molar refractivity (Wildman–Crippen MR) is 99.7 cm³/mol. The molecule has 0 fully saturated rings. The van der Waals surface area contributed by atoms with Crippen LogP contribution in [-0.2, 0) is 6.42 Å². The Bertz CT molecular complexity index is 711. The SMILES string of the molecule is COc1cc(/C=C/c2ccc(O)cc2)cc(OC)c1CC=C(C)C. The Labute approximate surface area is 143 Å². The summed E-state index contributed by atoms with van der Waals surface area (Å²) >= 11 is 0. The zero-order valence-corrected chi connectivity index (χ0v) is 14.7. The molecule has 0 aliphatic carbocycles. The van der Waals surface area contributed by atoms with Crippen LogP contribution < -0.4 is 9.47 Å². The van der Waals surface area contributed by atoms with Gasteiger partial charge >= 0.3 is 0 Å². The van der Waals surface area contributed by atoms with Crippen LogP contribution >= 0.6 is 0 Å². The number of benzene rings is 2. The molecule has 3 nitrogen and oxygen atoms in total. The van der Waals surface area contributed by atoms with Crippen LogP contribution in [0.1, 0.15) is 30.5 Å². The molecule has 0 aromatic heterocycles. The van der Waals surface area contributed by atoms with Gasteiger partial charge in [0.2, 0.25) is 0 Å². The third-order valence-electron chi connectivity index (χ3n) is 3.71. The molecule has 0 radical (unpaired) electrons. The number of allylic oxidation sites excluding steroid dienone is 2. The maximum Gasteiger partial charge on any atom is 0.126 e. The summed E-state index contributed by atoms with van der Waals surface area (Å²) in [7, 11) is 3.35. The van der Waals surface area contributed by atoms with Crippen molar-refractivity contribution in [2.24, 2.45) is 0 Å². The van der Waals surface area contributed by atoms with E-state index in [4.69, 9.17) is 9.47 Å². The van der Waals surface area contributed by atoms with Crippen LogP contribution in [-0.4, -0.2) is 19.3 Å². The maximum atomic E-state index is 9.34. The summed E-state index contributed by atoms with van der Waals surface area (Å²) in [5.74, 6) is 1.90. The Hall–Kier alpha value is -2.68. The van der Waals surface area contributed by atoms with E-state index in [-0.39, 0.29) is 5.75 Å². The van der Waals surface area contributed by atoms with Gasteiger partial charge in [0.1, 0.15) is 17.2 Å². The van der Waals surface area contributed by atoms with E-state index >= 15 is 0 Å². The van der Waals surface area contributed by atoms with Crippen LogP contribution in [0, 0.1) is 0 Å². The third kappa shape index (κ3) is 4.66. The highest BCUT2D eigenvalue weighted by molar-refractivity contribution is 5.72. The molecule has 0 saturated carbocycles. The number of aromatic hydroxyl groups is 1. The van der Waals surface area contributed by atoms with Crippen LogP contribution in [0.3, 0.4) is 0 Å². The highest BCUT2D eigenvalue weighted by Gasteiger charge is 2.10. The standard InChI is InChI=1S/C21H24O3/c1-15(2)5-12-19-20(23-3)13-17(14-21(19)24-4)7-6-16-8-10-18(22)11-9-16/h5-11,13-14,22H,12H2,1-4H3/b7-6+. The first-order valence-corrected chi connectivity index (χ1v) is 7.89. The summed E-state index contributed by atoms with van der Waals surface area (Å²) < 4.78 is 11.1. The van der Waals surface area contributed by atoms with Gasteiger partial charge in [0.15, 0.2) is 0 Å². The number of ether oxygens (including phenoxy) is 2. The second-order valence-electron chi connectivity index (χ2n) is 5.81. The zero-order chi connectivity index (χ0) is 17.5. The van der Waals surface area contributed by atoms with Gasteiger partial charge in [-0.3, -0.25) is 0 Å². The van der Waals surface area contributed by atoms with Gasteiger partial charge in [0, 0.05) is 5.56 Å².